The number of anilines is 1. The number of fused-ring (bicyclic) bond motifs is 1. The van der Waals surface area contributed by atoms with Gasteiger partial charge in [-0.3, -0.25) is 9.69 Å². The van der Waals surface area contributed by atoms with E-state index in [2.05, 4.69) is 4.98 Å². The second-order valence-electron chi connectivity index (χ2n) is 6.90. The SMILES string of the molecule is CCN(C(C)=O)c1nc(COC(=O)c2cc(-c3ccccc3)nc3ccccc23)cs1. The first-order valence-electron chi connectivity index (χ1n) is 9.91. The third-order valence-electron chi connectivity index (χ3n) is 4.82. The van der Waals surface area contributed by atoms with Gasteiger partial charge in [0, 0.05) is 29.8 Å². The Balaban J connectivity index is 1.59. The number of aromatic nitrogens is 2. The first-order chi connectivity index (χ1) is 15.1. The molecule has 2 aromatic heterocycles. The molecule has 7 heteroatoms. The van der Waals surface area contributed by atoms with E-state index in [0.717, 1.165) is 16.5 Å². The van der Waals surface area contributed by atoms with Gasteiger partial charge in [-0.25, -0.2) is 14.8 Å². The number of para-hydroxylation sites is 1. The van der Waals surface area contributed by atoms with Crippen LogP contribution < -0.4 is 4.90 Å². The molecular formula is C24H21N3O3S. The van der Waals surface area contributed by atoms with Crippen molar-refractivity contribution in [2.24, 2.45) is 0 Å². The topological polar surface area (TPSA) is 72.4 Å². The van der Waals surface area contributed by atoms with E-state index < -0.39 is 5.97 Å². The molecule has 0 unspecified atom stereocenters. The number of carbonyl (C=O) groups is 2. The van der Waals surface area contributed by atoms with Crippen LogP contribution in [0.5, 0.6) is 0 Å². The van der Waals surface area contributed by atoms with Gasteiger partial charge in [0.05, 0.1) is 22.5 Å². The van der Waals surface area contributed by atoms with Gasteiger partial charge in [0.2, 0.25) is 5.91 Å². The summed E-state index contributed by atoms with van der Waals surface area (Å²) in [5, 5.41) is 3.13. The number of ether oxygens (including phenoxy) is 1. The average molecular weight is 432 g/mol. The molecule has 0 saturated heterocycles. The number of esters is 1. The van der Waals surface area contributed by atoms with Crippen LogP contribution in [0, 0.1) is 0 Å². The lowest BCUT2D eigenvalue weighted by atomic mass is 10.0. The maximum Gasteiger partial charge on any atom is 0.339 e. The normalized spacial score (nSPS) is 10.8. The number of thiazole rings is 1. The number of nitrogens with zero attached hydrogens (tertiary/aromatic N) is 3. The summed E-state index contributed by atoms with van der Waals surface area (Å²) in [6, 6.07) is 19.0. The van der Waals surface area contributed by atoms with Crippen molar-refractivity contribution in [1.82, 2.24) is 9.97 Å². The maximum absolute atomic E-state index is 13.0. The fraction of sp³-hybridized carbons (Fsp3) is 0.167. The van der Waals surface area contributed by atoms with Crippen LogP contribution in [0.4, 0.5) is 5.13 Å². The van der Waals surface area contributed by atoms with E-state index in [1.54, 1.807) is 16.3 Å². The van der Waals surface area contributed by atoms with Crippen molar-refractivity contribution in [3.05, 3.63) is 77.3 Å². The summed E-state index contributed by atoms with van der Waals surface area (Å²) in [5.74, 6) is -0.513. The summed E-state index contributed by atoms with van der Waals surface area (Å²) in [7, 11) is 0. The molecule has 4 rings (SSSR count). The molecule has 0 spiro atoms. The Bertz CT molecular complexity index is 1240. The summed E-state index contributed by atoms with van der Waals surface area (Å²) in [5.41, 5.74) is 3.43. The van der Waals surface area contributed by atoms with Gasteiger partial charge in [0.25, 0.3) is 0 Å². The Hall–Kier alpha value is -3.58. The molecule has 0 atom stereocenters. The van der Waals surface area contributed by atoms with E-state index in [9.17, 15) is 9.59 Å². The minimum Gasteiger partial charge on any atom is -0.456 e. The number of hydrogen-bond acceptors (Lipinski definition) is 6. The van der Waals surface area contributed by atoms with E-state index in [4.69, 9.17) is 9.72 Å². The summed E-state index contributed by atoms with van der Waals surface area (Å²) >= 11 is 1.35. The van der Waals surface area contributed by atoms with Crippen LogP contribution in [0.3, 0.4) is 0 Å². The summed E-state index contributed by atoms with van der Waals surface area (Å²) in [6.07, 6.45) is 0. The lowest BCUT2D eigenvalue weighted by Gasteiger charge is -2.14. The molecule has 0 fully saturated rings. The largest absolute Gasteiger partial charge is 0.456 e. The van der Waals surface area contributed by atoms with Crippen molar-refractivity contribution >= 4 is 39.2 Å². The highest BCUT2D eigenvalue weighted by atomic mass is 32.1. The molecule has 0 bridgehead atoms. The maximum atomic E-state index is 13.0. The van der Waals surface area contributed by atoms with Crippen molar-refractivity contribution in [2.45, 2.75) is 20.5 Å². The lowest BCUT2D eigenvalue weighted by Crippen LogP contribution is -2.27. The molecular weight excluding hydrogens is 410 g/mol. The molecule has 1 amide bonds. The smallest absolute Gasteiger partial charge is 0.339 e. The molecule has 0 aliphatic carbocycles. The molecule has 0 aliphatic rings. The van der Waals surface area contributed by atoms with Gasteiger partial charge in [0.1, 0.15) is 6.61 Å². The summed E-state index contributed by atoms with van der Waals surface area (Å²) in [4.78, 5) is 35.4. The van der Waals surface area contributed by atoms with Gasteiger partial charge in [-0.05, 0) is 19.1 Å². The second kappa shape index (κ2) is 9.06. The Kier molecular flexibility index (Phi) is 6.04. The molecule has 31 heavy (non-hydrogen) atoms. The Morgan fingerprint density at radius 2 is 1.77 bits per heavy atom. The van der Waals surface area contributed by atoms with Crippen molar-refractivity contribution in [3.63, 3.8) is 0 Å². The minimum atomic E-state index is -0.441. The highest BCUT2D eigenvalue weighted by Gasteiger charge is 2.17. The van der Waals surface area contributed by atoms with Crippen molar-refractivity contribution < 1.29 is 14.3 Å². The van der Waals surface area contributed by atoms with Crippen LogP contribution in [0.2, 0.25) is 0 Å². The number of benzene rings is 2. The summed E-state index contributed by atoms with van der Waals surface area (Å²) < 4.78 is 5.57. The van der Waals surface area contributed by atoms with Gasteiger partial charge in [-0.15, -0.1) is 11.3 Å². The summed E-state index contributed by atoms with van der Waals surface area (Å²) in [6.45, 7) is 3.96. The first kappa shape index (κ1) is 20.7. The fourth-order valence-electron chi connectivity index (χ4n) is 3.30. The molecule has 0 N–H and O–H groups in total. The van der Waals surface area contributed by atoms with Crippen molar-refractivity contribution in [3.8, 4) is 11.3 Å². The fourth-order valence-corrected chi connectivity index (χ4v) is 4.21. The van der Waals surface area contributed by atoms with E-state index >= 15 is 0 Å². The van der Waals surface area contributed by atoms with Crippen LogP contribution in [-0.4, -0.2) is 28.4 Å². The number of pyridine rings is 1. The van der Waals surface area contributed by atoms with Crippen LogP contribution in [-0.2, 0) is 16.1 Å². The third kappa shape index (κ3) is 4.46. The van der Waals surface area contributed by atoms with Gasteiger partial charge in [0.15, 0.2) is 5.13 Å². The van der Waals surface area contributed by atoms with E-state index in [1.165, 1.54) is 18.3 Å². The zero-order valence-electron chi connectivity index (χ0n) is 17.2. The predicted molar refractivity (Wildman–Crippen MR) is 122 cm³/mol. The van der Waals surface area contributed by atoms with Gasteiger partial charge < -0.3 is 4.74 Å². The number of rotatable bonds is 6. The molecule has 0 aliphatic heterocycles. The van der Waals surface area contributed by atoms with Crippen molar-refractivity contribution in [1.29, 1.82) is 0 Å². The van der Waals surface area contributed by atoms with Crippen LogP contribution >= 0.6 is 11.3 Å². The number of amides is 1. The van der Waals surface area contributed by atoms with Crippen molar-refractivity contribution in [2.75, 3.05) is 11.4 Å². The molecule has 0 saturated carbocycles. The number of hydrogen-bond donors (Lipinski definition) is 0. The molecule has 6 nitrogen and oxygen atoms in total. The number of carbonyl (C=O) groups excluding carboxylic acids is 2. The predicted octanol–water partition coefficient (Wildman–Crippen LogP) is 5.09. The van der Waals surface area contributed by atoms with Crippen LogP contribution in [0.1, 0.15) is 29.9 Å². The molecule has 156 valence electrons. The Morgan fingerprint density at radius 1 is 1.03 bits per heavy atom. The highest BCUT2D eigenvalue weighted by Crippen LogP contribution is 2.26. The first-order valence-corrected chi connectivity index (χ1v) is 10.8. The van der Waals surface area contributed by atoms with Gasteiger partial charge in [-0.1, -0.05) is 48.5 Å². The monoisotopic (exact) mass is 431 g/mol. The Labute approximate surface area is 184 Å². The molecule has 2 aromatic carbocycles. The highest BCUT2D eigenvalue weighted by molar-refractivity contribution is 7.14. The zero-order chi connectivity index (χ0) is 21.8. The average Bonchev–Trinajstić information content (AvgIpc) is 3.26. The van der Waals surface area contributed by atoms with Crippen LogP contribution in [0.25, 0.3) is 22.2 Å². The second-order valence-corrected chi connectivity index (χ2v) is 7.74. The van der Waals surface area contributed by atoms with E-state index in [1.807, 2.05) is 61.5 Å². The molecule has 0 radical (unpaired) electrons. The van der Waals surface area contributed by atoms with E-state index in [-0.39, 0.29) is 12.5 Å². The third-order valence-corrected chi connectivity index (χ3v) is 5.74. The quantitative estimate of drug-likeness (QED) is 0.398. The van der Waals surface area contributed by atoms with Crippen LogP contribution in [0.15, 0.2) is 66.0 Å². The van der Waals surface area contributed by atoms with Gasteiger partial charge >= 0.3 is 5.97 Å². The molecule has 2 heterocycles. The van der Waals surface area contributed by atoms with Gasteiger partial charge in [-0.2, -0.15) is 0 Å². The minimum absolute atomic E-state index is 0.0299. The Morgan fingerprint density at radius 3 is 2.52 bits per heavy atom. The lowest BCUT2D eigenvalue weighted by molar-refractivity contribution is -0.116. The zero-order valence-corrected chi connectivity index (χ0v) is 18.1. The molecule has 4 aromatic rings. The van der Waals surface area contributed by atoms with E-state index in [0.29, 0.717) is 28.6 Å². The standard InChI is InChI=1S/C24H21N3O3S/c1-3-27(16(2)28)24-25-18(15-31-24)14-30-23(29)20-13-22(17-9-5-4-6-10-17)26-21-12-8-7-11-19(20)21/h4-13,15H,3,14H2,1-2H3.